The van der Waals surface area contributed by atoms with E-state index in [1.165, 1.54) is 4.90 Å². The highest BCUT2D eigenvalue weighted by molar-refractivity contribution is 9.10. The van der Waals surface area contributed by atoms with Crippen LogP contribution in [-0.2, 0) is 16.0 Å². The standard InChI is InChI=1S/C29H30BrClN4O3/c1-33(23-13-11-22(31)12-14-23)29(38)26(19-21-7-3-2-4-8-21)32-27(36)20-34-15-17-35(18-16-34)28(37)24-9-5-6-10-25(24)30/h2-14,26H,15-20H2,1H3,(H,32,36)/t26-/m0/s1. The second-order valence-electron chi connectivity index (χ2n) is 9.23. The van der Waals surface area contributed by atoms with Gasteiger partial charge in [0, 0.05) is 54.8 Å². The second kappa shape index (κ2) is 13.0. The van der Waals surface area contributed by atoms with Crippen LogP contribution in [0.25, 0.3) is 0 Å². The van der Waals surface area contributed by atoms with Crippen molar-refractivity contribution in [2.24, 2.45) is 0 Å². The molecule has 4 rings (SSSR count). The Morgan fingerprint density at radius 3 is 2.21 bits per heavy atom. The summed E-state index contributed by atoms with van der Waals surface area (Å²) in [5.41, 5.74) is 2.28. The first-order valence-electron chi connectivity index (χ1n) is 12.4. The van der Waals surface area contributed by atoms with E-state index in [0.717, 1.165) is 10.0 Å². The minimum Gasteiger partial charge on any atom is -0.343 e. The zero-order chi connectivity index (χ0) is 27.1. The lowest BCUT2D eigenvalue weighted by Crippen LogP contribution is -2.54. The van der Waals surface area contributed by atoms with Crippen molar-refractivity contribution < 1.29 is 14.4 Å². The molecule has 3 amide bonds. The Morgan fingerprint density at radius 2 is 1.55 bits per heavy atom. The first-order valence-corrected chi connectivity index (χ1v) is 13.6. The average Bonchev–Trinajstić information content (AvgIpc) is 2.93. The van der Waals surface area contributed by atoms with Crippen LogP contribution in [0, 0.1) is 0 Å². The smallest absolute Gasteiger partial charge is 0.255 e. The predicted molar refractivity (Wildman–Crippen MR) is 153 cm³/mol. The van der Waals surface area contributed by atoms with Crippen LogP contribution < -0.4 is 10.2 Å². The van der Waals surface area contributed by atoms with E-state index in [-0.39, 0.29) is 24.3 Å². The Bertz CT molecular complexity index is 1260. The van der Waals surface area contributed by atoms with Gasteiger partial charge in [-0.15, -0.1) is 0 Å². The van der Waals surface area contributed by atoms with E-state index in [2.05, 4.69) is 21.2 Å². The molecule has 1 atom stereocenters. The molecule has 9 heteroatoms. The van der Waals surface area contributed by atoms with Gasteiger partial charge in [-0.3, -0.25) is 19.3 Å². The molecule has 198 valence electrons. The van der Waals surface area contributed by atoms with Gasteiger partial charge >= 0.3 is 0 Å². The zero-order valence-corrected chi connectivity index (χ0v) is 23.5. The summed E-state index contributed by atoms with van der Waals surface area (Å²) < 4.78 is 0.768. The lowest BCUT2D eigenvalue weighted by atomic mass is 10.0. The van der Waals surface area contributed by atoms with Gasteiger partial charge in [-0.25, -0.2) is 0 Å². The fourth-order valence-corrected chi connectivity index (χ4v) is 5.01. The fraction of sp³-hybridized carbons (Fsp3) is 0.276. The minimum absolute atomic E-state index is 0.0275. The molecule has 0 spiro atoms. The van der Waals surface area contributed by atoms with Gasteiger partial charge in [0.2, 0.25) is 11.8 Å². The Kier molecular flexibility index (Phi) is 9.55. The number of likely N-dealkylation sites (N-methyl/N-ethyl adjacent to an activating group) is 1. The van der Waals surface area contributed by atoms with Crippen molar-refractivity contribution in [3.8, 4) is 0 Å². The van der Waals surface area contributed by atoms with E-state index in [1.54, 1.807) is 42.3 Å². The number of nitrogens with zero attached hydrogens (tertiary/aromatic N) is 3. The van der Waals surface area contributed by atoms with Crippen molar-refractivity contribution in [2.45, 2.75) is 12.5 Å². The average molecular weight is 598 g/mol. The van der Waals surface area contributed by atoms with Gasteiger partial charge in [0.15, 0.2) is 0 Å². The summed E-state index contributed by atoms with van der Waals surface area (Å²) in [6.45, 7) is 2.36. The summed E-state index contributed by atoms with van der Waals surface area (Å²) in [7, 11) is 1.69. The lowest BCUT2D eigenvalue weighted by Gasteiger charge is -2.35. The molecule has 1 heterocycles. The molecule has 1 fully saturated rings. The number of halogens is 2. The Hall–Kier alpha value is -3.20. The summed E-state index contributed by atoms with van der Waals surface area (Å²) in [5.74, 6) is -0.469. The van der Waals surface area contributed by atoms with Crippen LogP contribution in [0.4, 0.5) is 5.69 Å². The molecular formula is C29H30BrClN4O3. The van der Waals surface area contributed by atoms with Crippen molar-refractivity contribution in [1.82, 2.24) is 15.1 Å². The van der Waals surface area contributed by atoms with E-state index in [9.17, 15) is 14.4 Å². The molecule has 0 unspecified atom stereocenters. The lowest BCUT2D eigenvalue weighted by molar-refractivity contribution is -0.128. The van der Waals surface area contributed by atoms with Gasteiger partial charge in [0.05, 0.1) is 12.1 Å². The fourth-order valence-electron chi connectivity index (χ4n) is 4.43. The Morgan fingerprint density at radius 1 is 0.921 bits per heavy atom. The Labute approximate surface area is 236 Å². The molecule has 3 aromatic rings. The quantitative estimate of drug-likeness (QED) is 0.422. The predicted octanol–water partition coefficient (Wildman–Crippen LogP) is 4.25. The molecule has 0 radical (unpaired) electrons. The molecule has 0 bridgehead atoms. The number of piperazine rings is 1. The maximum absolute atomic E-state index is 13.5. The third-order valence-corrected chi connectivity index (χ3v) is 7.53. The number of anilines is 1. The molecule has 1 saturated heterocycles. The van der Waals surface area contributed by atoms with Gasteiger partial charge in [0.1, 0.15) is 6.04 Å². The molecule has 0 saturated carbocycles. The third kappa shape index (κ3) is 7.22. The highest BCUT2D eigenvalue weighted by Gasteiger charge is 2.28. The maximum Gasteiger partial charge on any atom is 0.255 e. The summed E-state index contributed by atoms with van der Waals surface area (Å²) in [6, 6.07) is 23.3. The number of amides is 3. The van der Waals surface area contributed by atoms with Crippen LogP contribution >= 0.6 is 27.5 Å². The first kappa shape index (κ1) is 27.8. The van der Waals surface area contributed by atoms with Crippen molar-refractivity contribution in [3.05, 3.63) is 99.5 Å². The van der Waals surface area contributed by atoms with Gasteiger partial charge in [-0.05, 0) is 57.9 Å². The topological polar surface area (TPSA) is 73.0 Å². The van der Waals surface area contributed by atoms with Crippen LogP contribution in [0.2, 0.25) is 5.02 Å². The maximum atomic E-state index is 13.5. The molecule has 38 heavy (non-hydrogen) atoms. The van der Waals surface area contributed by atoms with E-state index >= 15 is 0 Å². The van der Waals surface area contributed by atoms with E-state index in [1.807, 2.05) is 53.4 Å². The van der Waals surface area contributed by atoms with Crippen LogP contribution in [0.3, 0.4) is 0 Å². The normalized spacial score (nSPS) is 14.6. The highest BCUT2D eigenvalue weighted by atomic mass is 79.9. The Balaban J connectivity index is 1.37. The first-order chi connectivity index (χ1) is 18.3. The van der Waals surface area contributed by atoms with Crippen LogP contribution in [0.1, 0.15) is 15.9 Å². The van der Waals surface area contributed by atoms with Gasteiger partial charge in [0.25, 0.3) is 5.91 Å². The number of rotatable bonds is 8. The van der Waals surface area contributed by atoms with Crippen molar-refractivity contribution in [1.29, 1.82) is 0 Å². The third-order valence-electron chi connectivity index (χ3n) is 6.59. The van der Waals surface area contributed by atoms with E-state index in [0.29, 0.717) is 48.9 Å². The van der Waals surface area contributed by atoms with Crippen LogP contribution in [0.5, 0.6) is 0 Å². The molecule has 1 aliphatic rings. The van der Waals surface area contributed by atoms with Gasteiger partial charge in [-0.2, -0.15) is 0 Å². The van der Waals surface area contributed by atoms with Gasteiger partial charge < -0.3 is 15.1 Å². The summed E-state index contributed by atoms with van der Waals surface area (Å²) in [4.78, 5) is 44.8. The highest BCUT2D eigenvalue weighted by Crippen LogP contribution is 2.20. The molecule has 0 aliphatic carbocycles. The van der Waals surface area contributed by atoms with Gasteiger partial charge in [-0.1, -0.05) is 54.1 Å². The molecule has 1 aliphatic heterocycles. The van der Waals surface area contributed by atoms with Crippen molar-refractivity contribution in [3.63, 3.8) is 0 Å². The second-order valence-corrected chi connectivity index (χ2v) is 10.5. The number of nitrogens with one attached hydrogen (secondary N) is 1. The van der Waals surface area contributed by atoms with E-state index in [4.69, 9.17) is 11.6 Å². The summed E-state index contributed by atoms with van der Waals surface area (Å²) >= 11 is 9.45. The monoisotopic (exact) mass is 596 g/mol. The van der Waals surface area contributed by atoms with Crippen molar-refractivity contribution >= 4 is 50.9 Å². The van der Waals surface area contributed by atoms with Crippen molar-refractivity contribution in [2.75, 3.05) is 44.7 Å². The summed E-state index contributed by atoms with van der Waals surface area (Å²) in [6.07, 6.45) is 0.373. The van der Waals surface area contributed by atoms with Crippen LogP contribution in [0.15, 0.2) is 83.3 Å². The summed E-state index contributed by atoms with van der Waals surface area (Å²) in [5, 5.41) is 3.54. The molecule has 3 aromatic carbocycles. The largest absolute Gasteiger partial charge is 0.343 e. The molecule has 7 nitrogen and oxygen atoms in total. The van der Waals surface area contributed by atoms with Crippen LogP contribution in [-0.4, -0.2) is 73.3 Å². The number of hydrogen-bond acceptors (Lipinski definition) is 4. The number of benzene rings is 3. The number of carbonyl (C=O) groups is 3. The SMILES string of the molecule is CN(C(=O)[C@H](Cc1ccccc1)NC(=O)CN1CCN(C(=O)c2ccccc2Br)CC1)c1ccc(Cl)cc1. The molecule has 0 aromatic heterocycles. The minimum atomic E-state index is -0.733. The molecule has 1 N–H and O–H groups in total. The number of carbonyl (C=O) groups excluding carboxylic acids is 3. The van der Waals surface area contributed by atoms with E-state index < -0.39 is 6.04 Å². The number of hydrogen-bond donors (Lipinski definition) is 1. The zero-order valence-electron chi connectivity index (χ0n) is 21.1. The molecular weight excluding hydrogens is 568 g/mol.